The van der Waals surface area contributed by atoms with Crippen molar-refractivity contribution in [3.05, 3.63) is 84.0 Å². The van der Waals surface area contributed by atoms with E-state index in [0.29, 0.717) is 12.5 Å². The van der Waals surface area contributed by atoms with Gasteiger partial charge in [0, 0.05) is 6.54 Å². The molecule has 0 spiro atoms. The average molecular weight is 291 g/mol. The monoisotopic (exact) mass is 291 g/mol. The Morgan fingerprint density at radius 2 is 2.18 bits per heavy atom. The largest absolute Gasteiger partial charge is 0.326 e. The van der Waals surface area contributed by atoms with E-state index in [1.807, 2.05) is 12.2 Å². The van der Waals surface area contributed by atoms with Crippen LogP contribution in [0, 0.1) is 5.92 Å². The molecule has 0 aromatic heterocycles. The van der Waals surface area contributed by atoms with Gasteiger partial charge in [-0.15, -0.1) is 0 Å². The second-order valence-corrected chi connectivity index (χ2v) is 5.78. The van der Waals surface area contributed by atoms with Crippen LogP contribution < -0.4 is 5.73 Å². The molecule has 0 heterocycles. The predicted molar refractivity (Wildman–Crippen MR) is 98.2 cm³/mol. The molecule has 1 atom stereocenters. The molecule has 0 bridgehead atoms. The van der Waals surface area contributed by atoms with Crippen molar-refractivity contribution in [1.29, 1.82) is 0 Å². The first-order valence-electron chi connectivity index (χ1n) is 7.83. The summed E-state index contributed by atoms with van der Waals surface area (Å²) in [6.07, 6.45) is 15.8. The van der Waals surface area contributed by atoms with Gasteiger partial charge in [-0.1, -0.05) is 68.2 Å². The number of nitrogens with two attached hydrogens (primary N) is 1. The van der Waals surface area contributed by atoms with Gasteiger partial charge in [-0.2, -0.15) is 0 Å². The van der Waals surface area contributed by atoms with E-state index in [0.717, 1.165) is 6.42 Å². The fourth-order valence-corrected chi connectivity index (χ4v) is 2.61. The number of benzene rings is 1. The van der Waals surface area contributed by atoms with Crippen LogP contribution >= 0.6 is 0 Å². The highest BCUT2D eigenvalue weighted by Gasteiger charge is 2.09. The van der Waals surface area contributed by atoms with Crippen LogP contribution in [0.15, 0.2) is 67.3 Å². The van der Waals surface area contributed by atoms with Crippen molar-refractivity contribution in [2.75, 3.05) is 0 Å². The second kappa shape index (κ2) is 7.77. The van der Waals surface area contributed by atoms with Crippen LogP contribution in [0.4, 0.5) is 0 Å². The summed E-state index contributed by atoms with van der Waals surface area (Å²) < 4.78 is 0. The van der Waals surface area contributed by atoms with Crippen molar-refractivity contribution < 1.29 is 0 Å². The van der Waals surface area contributed by atoms with Crippen LogP contribution in [-0.2, 0) is 6.54 Å². The molecule has 0 radical (unpaired) electrons. The van der Waals surface area contributed by atoms with Crippen LogP contribution in [0.2, 0.25) is 0 Å². The lowest BCUT2D eigenvalue weighted by Crippen LogP contribution is -2.02. The highest BCUT2D eigenvalue weighted by atomic mass is 14.5. The topological polar surface area (TPSA) is 26.0 Å². The van der Waals surface area contributed by atoms with E-state index >= 15 is 0 Å². The van der Waals surface area contributed by atoms with Gasteiger partial charge in [0.25, 0.3) is 0 Å². The molecule has 1 aliphatic rings. The lowest BCUT2D eigenvalue weighted by molar-refractivity contribution is 0.739. The molecule has 1 heteroatoms. The summed E-state index contributed by atoms with van der Waals surface area (Å²) in [6.45, 7) is 8.61. The number of allylic oxidation sites excluding steroid dienone is 9. The Bertz CT molecular complexity index is 656. The summed E-state index contributed by atoms with van der Waals surface area (Å²) in [5.41, 5.74) is 12.1. The maximum absolute atomic E-state index is 5.90. The maximum Gasteiger partial charge on any atom is 0.0184 e. The molecule has 114 valence electrons. The highest BCUT2D eigenvalue weighted by Crippen LogP contribution is 2.28. The average Bonchev–Trinajstić information content (AvgIpc) is 2.55. The molecule has 2 rings (SSSR count). The Kier molecular flexibility index (Phi) is 5.74. The van der Waals surface area contributed by atoms with Gasteiger partial charge in [-0.3, -0.25) is 0 Å². The van der Waals surface area contributed by atoms with Gasteiger partial charge in [0.15, 0.2) is 0 Å². The minimum absolute atomic E-state index is 0.553. The van der Waals surface area contributed by atoms with Crippen molar-refractivity contribution in [2.45, 2.75) is 26.8 Å². The van der Waals surface area contributed by atoms with E-state index in [-0.39, 0.29) is 0 Å². The van der Waals surface area contributed by atoms with E-state index in [1.54, 1.807) is 6.08 Å². The third-order valence-corrected chi connectivity index (χ3v) is 4.00. The first-order valence-corrected chi connectivity index (χ1v) is 7.83. The zero-order valence-electron chi connectivity index (χ0n) is 13.5. The molecule has 1 aliphatic carbocycles. The third-order valence-electron chi connectivity index (χ3n) is 4.00. The lowest BCUT2D eigenvalue weighted by Gasteiger charge is -2.15. The summed E-state index contributed by atoms with van der Waals surface area (Å²) >= 11 is 0. The van der Waals surface area contributed by atoms with Crippen molar-refractivity contribution in [3.8, 4) is 0 Å². The molecule has 0 saturated carbocycles. The van der Waals surface area contributed by atoms with E-state index in [9.17, 15) is 0 Å². The standard InChI is InChI=1S/C21H25N/c1-4-5-6-7-17(3)21-14-19(12-13-20(21)15-22)18-10-8-16(2)9-11-18/h4-8,10-14,16H,1,9,15,22H2,2-3H3/b6-5-,17-7+. The van der Waals surface area contributed by atoms with Gasteiger partial charge >= 0.3 is 0 Å². The second-order valence-electron chi connectivity index (χ2n) is 5.78. The molecular weight excluding hydrogens is 266 g/mol. The molecule has 0 amide bonds. The Balaban J connectivity index is 2.38. The lowest BCUT2D eigenvalue weighted by atomic mass is 9.90. The number of hydrogen-bond acceptors (Lipinski definition) is 1. The van der Waals surface area contributed by atoms with Gasteiger partial charge < -0.3 is 5.73 Å². The zero-order valence-corrected chi connectivity index (χ0v) is 13.5. The summed E-state index contributed by atoms with van der Waals surface area (Å²) in [5.74, 6) is 0.636. The minimum Gasteiger partial charge on any atom is -0.326 e. The first kappa shape index (κ1) is 16.3. The summed E-state index contributed by atoms with van der Waals surface area (Å²) in [5, 5.41) is 0. The van der Waals surface area contributed by atoms with Crippen LogP contribution in [0.5, 0.6) is 0 Å². The maximum atomic E-state index is 5.90. The molecule has 0 fully saturated rings. The van der Waals surface area contributed by atoms with Crippen LogP contribution in [0.25, 0.3) is 11.1 Å². The zero-order chi connectivity index (χ0) is 15.9. The molecular formula is C21H25N. The quantitative estimate of drug-likeness (QED) is 0.735. The minimum atomic E-state index is 0.553. The fourth-order valence-electron chi connectivity index (χ4n) is 2.61. The van der Waals surface area contributed by atoms with E-state index in [1.165, 1.54) is 27.8 Å². The number of hydrogen-bond donors (Lipinski definition) is 1. The van der Waals surface area contributed by atoms with Gasteiger partial charge in [0.2, 0.25) is 0 Å². The summed E-state index contributed by atoms with van der Waals surface area (Å²) in [7, 11) is 0. The first-order chi connectivity index (χ1) is 10.7. The highest BCUT2D eigenvalue weighted by molar-refractivity contribution is 5.79. The fraction of sp³-hybridized carbons (Fsp3) is 0.238. The van der Waals surface area contributed by atoms with Crippen LogP contribution in [0.1, 0.15) is 37.0 Å². The van der Waals surface area contributed by atoms with Gasteiger partial charge in [0.1, 0.15) is 0 Å². The van der Waals surface area contributed by atoms with Crippen molar-refractivity contribution in [1.82, 2.24) is 0 Å². The van der Waals surface area contributed by atoms with Crippen LogP contribution in [0.3, 0.4) is 0 Å². The van der Waals surface area contributed by atoms with E-state index < -0.39 is 0 Å². The van der Waals surface area contributed by atoms with Gasteiger partial charge in [0.05, 0.1) is 0 Å². The molecule has 1 aromatic carbocycles. The summed E-state index contributed by atoms with van der Waals surface area (Å²) in [6, 6.07) is 6.57. The van der Waals surface area contributed by atoms with E-state index in [2.05, 4.69) is 62.9 Å². The molecule has 2 N–H and O–H groups in total. The molecule has 1 aromatic rings. The number of rotatable bonds is 5. The van der Waals surface area contributed by atoms with Crippen LogP contribution in [-0.4, -0.2) is 0 Å². The summed E-state index contributed by atoms with van der Waals surface area (Å²) in [4.78, 5) is 0. The normalized spacial score (nSPS) is 18.6. The Morgan fingerprint density at radius 3 is 2.82 bits per heavy atom. The SMILES string of the molecule is C=C/C=C\C=C(/C)c1cc(C2=CCC(C)C=C2)ccc1CN. The van der Waals surface area contributed by atoms with Crippen molar-refractivity contribution >= 4 is 11.1 Å². The van der Waals surface area contributed by atoms with E-state index in [4.69, 9.17) is 5.73 Å². The Morgan fingerprint density at radius 1 is 1.36 bits per heavy atom. The molecule has 22 heavy (non-hydrogen) atoms. The third kappa shape index (κ3) is 3.96. The smallest absolute Gasteiger partial charge is 0.0184 e. The Hall–Kier alpha value is -2.12. The molecule has 0 aliphatic heterocycles. The van der Waals surface area contributed by atoms with Gasteiger partial charge in [-0.05, 0) is 53.2 Å². The molecule has 0 saturated heterocycles. The molecule has 1 unspecified atom stereocenters. The Labute approximate surface area is 134 Å². The van der Waals surface area contributed by atoms with Crippen molar-refractivity contribution in [3.63, 3.8) is 0 Å². The van der Waals surface area contributed by atoms with Crippen molar-refractivity contribution in [2.24, 2.45) is 11.7 Å². The molecule has 1 nitrogen and oxygen atoms in total. The van der Waals surface area contributed by atoms with Gasteiger partial charge in [-0.25, -0.2) is 0 Å². The predicted octanol–water partition coefficient (Wildman–Crippen LogP) is 5.27.